The standard InChI is InChI=1S/C15H16BrN3O/c1-10(11-3-5-13(16)6-4-11)19-15(20)12-7-8-18-14(9-12)17-2/h3-10H,1-2H3,(H,17,18)(H,19,20). The van der Waals surface area contributed by atoms with Gasteiger partial charge in [0, 0.05) is 23.3 Å². The van der Waals surface area contributed by atoms with E-state index in [1.165, 1.54) is 0 Å². The van der Waals surface area contributed by atoms with Crippen LogP contribution in [0.3, 0.4) is 0 Å². The summed E-state index contributed by atoms with van der Waals surface area (Å²) in [5.74, 6) is 0.563. The summed E-state index contributed by atoms with van der Waals surface area (Å²) in [6, 6.07) is 11.3. The molecule has 1 atom stereocenters. The van der Waals surface area contributed by atoms with Crippen molar-refractivity contribution in [2.24, 2.45) is 0 Å². The van der Waals surface area contributed by atoms with E-state index in [4.69, 9.17) is 0 Å². The summed E-state index contributed by atoms with van der Waals surface area (Å²) in [5.41, 5.74) is 1.65. The second-order valence-corrected chi connectivity index (χ2v) is 5.34. The maximum Gasteiger partial charge on any atom is 0.251 e. The number of nitrogens with zero attached hydrogens (tertiary/aromatic N) is 1. The van der Waals surface area contributed by atoms with Crippen molar-refractivity contribution in [3.63, 3.8) is 0 Å². The van der Waals surface area contributed by atoms with Gasteiger partial charge in [-0.15, -0.1) is 0 Å². The Labute approximate surface area is 126 Å². The van der Waals surface area contributed by atoms with E-state index in [0.29, 0.717) is 11.4 Å². The normalized spacial score (nSPS) is 11.8. The Morgan fingerprint density at radius 2 is 1.95 bits per heavy atom. The molecule has 4 nitrogen and oxygen atoms in total. The average Bonchev–Trinajstić information content (AvgIpc) is 2.47. The first-order valence-electron chi connectivity index (χ1n) is 6.30. The molecule has 0 radical (unpaired) electrons. The number of hydrogen-bond donors (Lipinski definition) is 2. The van der Waals surface area contributed by atoms with Gasteiger partial charge in [-0.1, -0.05) is 28.1 Å². The van der Waals surface area contributed by atoms with Crippen LogP contribution in [-0.2, 0) is 0 Å². The highest BCUT2D eigenvalue weighted by Gasteiger charge is 2.11. The molecule has 2 rings (SSSR count). The Balaban J connectivity index is 2.08. The fraction of sp³-hybridized carbons (Fsp3) is 0.200. The van der Waals surface area contributed by atoms with Gasteiger partial charge in [-0.2, -0.15) is 0 Å². The molecule has 0 saturated carbocycles. The van der Waals surface area contributed by atoms with Crippen molar-refractivity contribution >= 4 is 27.7 Å². The Hall–Kier alpha value is -1.88. The number of benzene rings is 1. The van der Waals surface area contributed by atoms with Crippen LogP contribution in [0.4, 0.5) is 5.82 Å². The van der Waals surface area contributed by atoms with E-state index in [9.17, 15) is 4.79 Å². The number of aromatic nitrogens is 1. The molecule has 0 bridgehead atoms. The molecule has 2 aromatic rings. The first-order chi connectivity index (χ1) is 9.60. The fourth-order valence-corrected chi connectivity index (χ4v) is 2.09. The quantitative estimate of drug-likeness (QED) is 0.901. The van der Waals surface area contributed by atoms with Gasteiger partial charge in [0.25, 0.3) is 5.91 Å². The topological polar surface area (TPSA) is 54.0 Å². The molecule has 104 valence electrons. The summed E-state index contributed by atoms with van der Waals surface area (Å²) in [6.07, 6.45) is 1.62. The summed E-state index contributed by atoms with van der Waals surface area (Å²) in [4.78, 5) is 16.3. The van der Waals surface area contributed by atoms with Gasteiger partial charge in [-0.25, -0.2) is 4.98 Å². The van der Waals surface area contributed by atoms with Crippen LogP contribution >= 0.6 is 15.9 Å². The van der Waals surface area contributed by atoms with E-state index >= 15 is 0 Å². The molecule has 1 amide bonds. The van der Waals surface area contributed by atoms with Crippen molar-refractivity contribution in [1.82, 2.24) is 10.3 Å². The highest BCUT2D eigenvalue weighted by Crippen LogP contribution is 2.17. The van der Waals surface area contributed by atoms with Crippen LogP contribution in [-0.4, -0.2) is 17.9 Å². The molecule has 1 aromatic carbocycles. The Kier molecular flexibility index (Phi) is 4.74. The van der Waals surface area contributed by atoms with Gasteiger partial charge < -0.3 is 10.6 Å². The number of carbonyl (C=O) groups excluding carboxylic acids is 1. The minimum atomic E-state index is -0.112. The zero-order valence-corrected chi connectivity index (χ0v) is 12.9. The highest BCUT2D eigenvalue weighted by molar-refractivity contribution is 9.10. The van der Waals surface area contributed by atoms with Crippen LogP contribution in [0.25, 0.3) is 0 Å². The first-order valence-corrected chi connectivity index (χ1v) is 7.09. The molecule has 0 spiro atoms. The average molecular weight is 334 g/mol. The molecule has 1 unspecified atom stereocenters. The SMILES string of the molecule is CNc1cc(C(=O)NC(C)c2ccc(Br)cc2)ccn1. The lowest BCUT2D eigenvalue weighted by Crippen LogP contribution is -2.26. The predicted molar refractivity (Wildman–Crippen MR) is 83.8 cm³/mol. The van der Waals surface area contributed by atoms with E-state index in [1.54, 1.807) is 25.4 Å². The summed E-state index contributed by atoms with van der Waals surface area (Å²) in [6.45, 7) is 1.96. The third kappa shape index (κ3) is 3.57. The molecule has 1 aromatic heterocycles. The van der Waals surface area contributed by atoms with Crippen LogP contribution in [0.2, 0.25) is 0 Å². The number of nitrogens with one attached hydrogen (secondary N) is 2. The molecule has 0 aliphatic carbocycles. The predicted octanol–water partition coefficient (Wildman–Crippen LogP) is 3.38. The van der Waals surface area contributed by atoms with E-state index in [1.807, 2.05) is 31.2 Å². The van der Waals surface area contributed by atoms with Crippen LogP contribution in [0.1, 0.15) is 28.9 Å². The second-order valence-electron chi connectivity index (χ2n) is 4.43. The number of hydrogen-bond acceptors (Lipinski definition) is 3. The molecule has 0 fully saturated rings. The number of anilines is 1. The minimum Gasteiger partial charge on any atom is -0.373 e. The molecular formula is C15H16BrN3O. The summed E-state index contributed by atoms with van der Waals surface area (Å²) in [5, 5.41) is 5.89. The summed E-state index contributed by atoms with van der Waals surface area (Å²) in [7, 11) is 1.77. The van der Waals surface area contributed by atoms with Gasteiger partial charge in [-0.05, 0) is 36.8 Å². The number of carbonyl (C=O) groups is 1. The van der Waals surface area contributed by atoms with Gasteiger partial charge in [0.15, 0.2) is 0 Å². The molecule has 20 heavy (non-hydrogen) atoms. The van der Waals surface area contributed by atoms with Gasteiger partial charge in [-0.3, -0.25) is 4.79 Å². The first kappa shape index (κ1) is 14.5. The summed E-state index contributed by atoms with van der Waals surface area (Å²) < 4.78 is 1.02. The molecule has 2 N–H and O–H groups in total. The Bertz CT molecular complexity index is 598. The van der Waals surface area contributed by atoms with Crippen LogP contribution in [0, 0.1) is 0 Å². The maximum atomic E-state index is 12.2. The number of pyridine rings is 1. The van der Waals surface area contributed by atoms with Gasteiger partial charge in [0.2, 0.25) is 0 Å². The third-order valence-electron chi connectivity index (χ3n) is 3.00. The minimum absolute atomic E-state index is 0.0539. The lowest BCUT2D eigenvalue weighted by atomic mass is 10.1. The molecule has 0 aliphatic heterocycles. The van der Waals surface area contributed by atoms with Crippen molar-refractivity contribution in [3.05, 3.63) is 58.2 Å². The summed E-state index contributed by atoms with van der Waals surface area (Å²) >= 11 is 3.40. The lowest BCUT2D eigenvalue weighted by molar-refractivity contribution is 0.0940. The van der Waals surface area contributed by atoms with E-state index in [-0.39, 0.29) is 11.9 Å². The van der Waals surface area contributed by atoms with Crippen molar-refractivity contribution in [1.29, 1.82) is 0 Å². The lowest BCUT2D eigenvalue weighted by Gasteiger charge is -2.14. The molecular weight excluding hydrogens is 318 g/mol. The third-order valence-corrected chi connectivity index (χ3v) is 3.52. The van der Waals surface area contributed by atoms with Crippen molar-refractivity contribution in [2.75, 3.05) is 12.4 Å². The number of rotatable bonds is 4. The number of halogens is 1. The molecule has 0 aliphatic rings. The zero-order chi connectivity index (χ0) is 14.5. The van der Waals surface area contributed by atoms with Crippen LogP contribution in [0.5, 0.6) is 0 Å². The smallest absolute Gasteiger partial charge is 0.251 e. The fourth-order valence-electron chi connectivity index (χ4n) is 1.82. The van der Waals surface area contributed by atoms with Crippen LogP contribution < -0.4 is 10.6 Å². The van der Waals surface area contributed by atoms with E-state index in [2.05, 4.69) is 31.5 Å². The van der Waals surface area contributed by atoms with Crippen molar-refractivity contribution < 1.29 is 4.79 Å². The van der Waals surface area contributed by atoms with Gasteiger partial charge in [0.1, 0.15) is 5.82 Å². The Morgan fingerprint density at radius 3 is 2.60 bits per heavy atom. The molecule has 5 heteroatoms. The Morgan fingerprint density at radius 1 is 1.25 bits per heavy atom. The van der Waals surface area contributed by atoms with Crippen molar-refractivity contribution in [2.45, 2.75) is 13.0 Å². The van der Waals surface area contributed by atoms with E-state index in [0.717, 1.165) is 10.0 Å². The molecule has 1 heterocycles. The maximum absolute atomic E-state index is 12.2. The van der Waals surface area contributed by atoms with Gasteiger partial charge in [0.05, 0.1) is 6.04 Å². The molecule has 0 saturated heterocycles. The zero-order valence-electron chi connectivity index (χ0n) is 11.4. The van der Waals surface area contributed by atoms with E-state index < -0.39 is 0 Å². The van der Waals surface area contributed by atoms with Crippen molar-refractivity contribution in [3.8, 4) is 0 Å². The van der Waals surface area contributed by atoms with Crippen LogP contribution in [0.15, 0.2) is 47.1 Å². The largest absolute Gasteiger partial charge is 0.373 e. The van der Waals surface area contributed by atoms with Gasteiger partial charge >= 0.3 is 0 Å². The number of amides is 1. The highest BCUT2D eigenvalue weighted by atomic mass is 79.9. The monoisotopic (exact) mass is 333 g/mol. The second kappa shape index (κ2) is 6.52.